The summed E-state index contributed by atoms with van der Waals surface area (Å²) >= 11 is 1.46. The molecule has 0 aliphatic heterocycles. The van der Waals surface area contributed by atoms with Crippen LogP contribution in [0, 0.1) is 17.1 Å². The van der Waals surface area contributed by atoms with Gasteiger partial charge in [0.2, 0.25) is 5.88 Å². The van der Waals surface area contributed by atoms with E-state index in [-0.39, 0.29) is 23.8 Å². The van der Waals surface area contributed by atoms with E-state index in [9.17, 15) is 4.39 Å². The van der Waals surface area contributed by atoms with Crippen LogP contribution in [0.25, 0.3) is 21.3 Å². The number of aromatic nitrogens is 2. The minimum Gasteiger partial charge on any atom is -0.435 e. The maximum absolute atomic E-state index is 14.4. The first-order valence-electron chi connectivity index (χ1n) is 8.39. The van der Waals surface area contributed by atoms with Crippen LogP contribution < -0.4 is 4.74 Å². The normalized spacial score (nSPS) is 10.8. The molecule has 0 saturated heterocycles. The summed E-state index contributed by atoms with van der Waals surface area (Å²) < 4.78 is 25.4. The van der Waals surface area contributed by atoms with Crippen LogP contribution in [0.3, 0.4) is 0 Å². The van der Waals surface area contributed by atoms with Gasteiger partial charge in [0.25, 0.3) is 0 Å². The van der Waals surface area contributed by atoms with Gasteiger partial charge in [-0.15, -0.1) is 11.3 Å². The van der Waals surface area contributed by atoms with E-state index in [0.29, 0.717) is 11.2 Å². The van der Waals surface area contributed by atoms with Gasteiger partial charge in [-0.05, 0) is 23.8 Å². The number of methoxy groups -OCH3 is 1. The van der Waals surface area contributed by atoms with Gasteiger partial charge in [-0.2, -0.15) is 10.2 Å². The lowest BCUT2D eigenvalue weighted by Gasteiger charge is -2.10. The second kappa shape index (κ2) is 7.72. The Morgan fingerprint density at radius 3 is 2.68 bits per heavy atom. The molecular weight excluding hydrogens is 377 g/mol. The van der Waals surface area contributed by atoms with Crippen LogP contribution in [0.15, 0.2) is 53.9 Å². The van der Waals surface area contributed by atoms with Gasteiger partial charge in [-0.25, -0.2) is 9.37 Å². The number of rotatable bonds is 5. The third-order valence-electron chi connectivity index (χ3n) is 4.07. The summed E-state index contributed by atoms with van der Waals surface area (Å²) in [5.74, 6) is 0.0597. The largest absolute Gasteiger partial charge is 0.435 e. The van der Waals surface area contributed by atoms with E-state index in [2.05, 4.69) is 9.97 Å². The van der Waals surface area contributed by atoms with Crippen molar-refractivity contribution in [3.8, 4) is 28.8 Å². The van der Waals surface area contributed by atoms with Crippen molar-refractivity contribution >= 4 is 21.6 Å². The average molecular weight is 391 g/mol. The van der Waals surface area contributed by atoms with Gasteiger partial charge in [0, 0.05) is 18.1 Å². The maximum atomic E-state index is 14.4. The molecule has 0 fully saturated rings. The topological polar surface area (TPSA) is 68.0 Å². The number of nitriles is 1. The zero-order valence-corrected chi connectivity index (χ0v) is 15.7. The Labute approximate surface area is 164 Å². The lowest BCUT2D eigenvalue weighted by Crippen LogP contribution is -2.00. The number of benzene rings is 2. The Hall–Kier alpha value is -3.34. The Kier molecular flexibility index (Phi) is 4.98. The second-order valence-corrected chi connectivity index (χ2v) is 6.79. The predicted octanol–water partition coefficient (Wildman–Crippen LogP) is 5.31. The van der Waals surface area contributed by atoms with Crippen LogP contribution >= 0.6 is 11.3 Å². The fourth-order valence-electron chi connectivity index (χ4n) is 2.81. The molecule has 28 heavy (non-hydrogen) atoms. The van der Waals surface area contributed by atoms with Gasteiger partial charge in [0.1, 0.15) is 11.4 Å². The van der Waals surface area contributed by atoms with Crippen molar-refractivity contribution < 1.29 is 13.9 Å². The summed E-state index contributed by atoms with van der Waals surface area (Å²) in [7, 11) is 1.55. The van der Waals surface area contributed by atoms with Crippen molar-refractivity contribution in [2.75, 3.05) is 7.11 Å². The van der Waals surface area contributed by atoms with Crippen LogP contribution in [0.1, 0.15) is 11.4 Å². The van der Waals surface area contributed by atoms with Crippen LogP contribution in [0.2, 0.25) is 0 Å². The number of hydrogen-bond donors (Lipinski definition) is 0. The lowest BCUT2D eigenvalue weighted by atomic mass is 10.1. The van der Waals surface area contributed by atoms with Crippen LogP contribution in [0.4, 0.5) is 4.39 Å². The highest BCUT2D eigenvalue weighted by Gasteiger charge is 2.18. The number of halogens is 1. The van der Waals surface area contributed by atoms with Crippen LogP contribution in [0.5, 0.6) is 11.6 Å². The number of fused-ring (bicyclic) bond motifs is 1. The summed E-state index contributed by atoms with van der Waals surface area (Å²) in [6.45, 7) is 0.209. The second-order valence-electron chi connectivity index (χ2n) is 5.93. The van der Waals surface area contributed by atoms with Gasteiger partial charge in [-0.3, -0.25) is 0 Å². The summed E-state index contributed by atoms with van der Waals surface area (Å²) in [5.41, 5.74) is 2.12. The van der Waals surface area contributed by atoms with Crippen molar-refractivity contribution in [3.05, 3.63) is 71.1 Å². The van der Waals surface area contributed by atoms with E-state index in [1.807, 2.05) is 41.8 Å². The molecule has 0 atom stereocenters. The third-order valence-corrected chi connectivity index (χ3v) is 4.94. The molecule has 0 spiro atoms. The van der Waals surface area contributed by atoms with E-state index in [1.165, 1.54) is 23.5 Å². The molecule has 0 bridgehead atoms. The molecule has 2 heterocycles. The highest BCUT2D eigenvalue weighted by atomic mass is 32.1. The van der Waals surface area contributed by atoms with E-state index in [4.69, 9.17) is 14.7 Å². The predicted molar refractivity (Wildman–Crippen MR) is 105 cm³/mol. The van der Waals surface area contributed by atoms with Crippen molar-refractivity contribution in [1.82, 2.24) is 9.97 Å². The molecule has 4 rings (SSSR count). The number of ether oxygens (including phenoxy) is 2. The maximum Gasteiger partial charge on any atom is 0.232 e. The van der Waals surface area contributed by atoms with E-state index < -0.39 is 5.82 Å². The fraction of sp³-hybridized carbons (Fsp3) is 0.0952. The highest BCUT2D eigenvalue weighted by molar-refractivity contribution is 7.17. The van der Waals surface area contributed by atoms with Crippen LogP contribution in [-0.2, 0) is 11.3 Å². The Morgan fingerprint density at radius 2 is 1.96 bits per heavy atom. The molecular formula is C21H14FN3O2S. The average Bonchev–Trinajstić information content (AvgIpc) is 3.14. The Bertz CT molecular complexity index is 1190. The highest BCUT2D eigenvalue weighted by Crippen LogP contribution is 2.39. The quantitative estimate of drug-likeness (QED) is 0.461. The molecule has 2 aromatic carbocycles. The van der Waals surface area contributed by atoms with Crippen LogP contribution in [-0.4, -0.2) is 17.1 Å². The van der Waals surface area contributed by atoms with Crippen molar-refractivity contribution in [2.24, 2.45) is 0 Å². The smallest absolute Gasteiger partial charge is 0.232 e. The summed E-state index contributed by atoms with van der Waals surface area (Å²) in [6, 6.07) is 15.8. The molecule has 0 saturated carbocycles. The first-order valence-corrected chi connectivity index (χ1v) is 9.27. The zero-order chi connectivity index (χ0) is 19.5. The Balaban J connectivity index is 1.87. The Morgan fingerprint density at radius 1 is 1.14 bits per heavy atom. The van der Waals surface area contributed by atoms with Gasteiger partial charge >= 0.3 is 0 Å². The number of thiophene rings is 1. The van der Waals surface area contributed by atoms with Crippen molar-refractivity contribution in [3.63, 3.8) is 0 Å². The fourth-order valence-corrected chi connectivity index (χ4v) is 3.76. The SMILES string of the molecule is COCc1nc(Oc2ccc(C#N)cc2F)c2c(-c3ccccc3)csc2n1. The molecule has 5 nitrogen and oxygen atoms in total. The monoisotopic (exact) mass is 391 g/mol. The molecule has 0 aliphatic rings. The summed E-state index contributed by atoms with van der Waals surface area (Å²) in [5, 5.41) is 11.6. The van der Waals surface area contributed by atoms with E-state index in [1.54, 1.807) is 7.11 Å². The van der Waals surface area contributed by atoms with Gasteiger partial charge < -0.3 is 9.47 Å². The van der Waals surface area contributed by atoms with Crippen molar-refractivity contribution in [2.45, 2.75) is 6.61 Å². The summed E-state index contributed by atoms with van der Waals surface area (Å²) in [6.07, 6.45) is 0. The lowest BCUT2D eigenvalue weighted by molar-refractivity contribution is 0.177. The van der Waals surface area contributed by atoms with E-state index >= 15 is 0 Å². The molecule has 7 heteroatoms. The molecule has 4 aromatic rings. The molecule has 0 unspecified atom stereocenters. The molecule has 0 N–H and O–H groups in total. The van der Waals surface area contributed by atoms with Gasteiger partial charge in [0.05, 0.1) is 17.0 Å². The molecule has 0 radical (unpaired) electrons. The minimum absolute atomic E-state index is 0.00687. The third kappa shape index (κ3) is 3.43. The zero-order valence-electron chi connectivity index (χ0n) is 14.8. The number of nitrogens with zero attached hydrogens (tertiary/aromatic N) is 3. The molecule has 0 amide bonds. The number of hydrogen-bond acceptors (Lipinski definition) is 6. The standard InChI is InChI=1S/C21H14FN3O2S/c1-26-11-18-24-20(27-17-8-7-13(10-23)9-16(17)22)19-15(12-28-21(19)25-18)14-5-3-2-4-6-14/h2-9,12H,11H2,1H3. The minimum atomic E-state index is -0.629. The molecule has 0 aliphatic carbocycles. The van der Waals surface area contributed by atoms with Gasteiger partial charge in [0.15, 0.2) is 17.4 Å². The molecule has 138 valence electrons. The van der Waals surface area contributed by atoms with E-state index in [0.717, 1.165) is 22.0 Å². The van der Waals surface area contributed by atoms with Crippen molar-refractivity contribution in [1.29, 1.82) is 5.26 Å². The van der Waals surface area contributed by atoms with Gasteiger partial charge in [-0.1, -0.05) is 30.3 Å². The summed E-state index contributed by atoms with van der Waals surface area (Å²) in [4.78, 5) is 9.70. The first kappa shape index (κ1) is 18.0. The first-order chi connectivity index (χ1) is 13.7. The molecule has 2 aromatic heterocycles.